The summed E-state index contributed by atoms with van der Waals surface area (Å²) in [5.41, 5.74) is 2.11. The van der Waals surface area contributed by atoms with Crippen LogP contribution in [0.5, 0.6) is 0 Å². The van der Waals surface area contributed by atoms with Gasteiger partial charge in [-0.1, -0.05) is 18.2 Å². The number of morpholine rings is 1. The summed E-state index contributed by atoms with van der Waals surface area (Å²) >= 11 is 0. The average molecular weight is 422 g/mol. The Kier molecular flexibility index (Phi) is 5.95. The summed E-state index contributed by atoms with van der Waals surface area (Å²) in [6.07, 6.45) is -0.128. The number of aromatic nitrogens is 1. The van der Waals surface area contributed by atoms with Crippen LogP contribution < -0.4 is 0 Å². The van der Waals surface area contributed by atoms with Crippen molar-refractivity contribution in [2.45, 2.75) is 26.1 Å². The molecule has 0 radical (unpaired) electrons. The van der Waals surface area contributed by atoms with Gasteiger partial charge in [0.15, 0.2) is 6.61 Å². The van der Waals surface area contributed by atoms with Gasteiger partial charge in [0.2, 0.25) is 0 Å². The molecule has 6 nitrogen and oxygen atoms in total. The Morgan fingerprint density at radius 1 is 1.10 bits per heavy atom. The van der Waals surface area contributed by atoms with Crippen LogP contribution in [0.2, 0.25) is 0 Å². The lowest BCUT2D eigenvalue weighted by Crippen LogP contribution is -2.49. The number of hydrogen-bond donors (Lipinski definition) is 0. The van der Waals surface area contributed by atoms with Gasteiger partial charge in [-0.25, -0.2) is 14.2 Å². The number of ether oxygens (including phenoxy) is 2. The van der Waals surface area contributed by atoms with Gasteiger partial charge >= 0.3 is 5.97 Å². The average Bonchev–Trinajstić information content (AvgIpc) is 2.76. The number of para-hydroxylation sites is 1. The quantitative estimate of drug-likeness (QED) is 0.598. The number of fused-ring (bicyclic) bond motifs is 1. The number of hydrogen-bond acceptors (Lipinski definition) is 5. The molecule has 4 rings (SSSR count). The summed E-state index contributed by atoms with van der Waals surface area (Å²) in [4.78, 5) is 31.7. The zero-order valence-corrected chi connectivity index (χ0v) is 17.4. The molecule has 1 amide bonds. The van der Waals surface area contributed by atoms with E-state index in [0.29, 0.717) is 40.8 Å². The van der Waals surface area contributed by atoms with Gasteiger partial charge in [0, 0.05) is 24.0 Å². The van der Waals surface area contributed by atoms with Crippen molar-refractivity contribution in [3.05, 3.63) is 66.0 Å². The van der Waals surface area contributed by atoms with Crippen molar-refractivity contribution in [2.24, 2.45) is 0 Å². The topological polar surface area (TPSA) is 68.7 Å². The second-order valence-electron chi connectivity index (χ2n) is 7.71. The number of rotatable bonds is 4. The fourth-order valence-corrected chi connectivity index (χ4v) is 3.79. The van der Waals surface area contributed by atoms with Crippen molar-refractivity contribution in [3.8, 4) is 11.3 Å². The molecule has 0 saturated carbocycles. The Labute approximate surface area is 179 Å². The highest BCUT2D eigenvalue weighted by Gasteiger charge is 2.27. The molecule has 1 aliphatic heterocycles. The van der Waals surface area contributed by atoms with Crippen molar-refractivity contribution in [2.75, 3.05) is 19.7 Å². The molecule has 0 N–H and O–H groups in total. The summed E-state index contributed by atoms with van der Waals surface area (Å²) in [5, 5.41) is 0.624. The maximum absolute atomic E-state index is 13.3. The van der Waals surface area contributed by atoms with Gasteiger partial charge < -0.3 is 14.4 Å². The number of halogens is 1. The van der Waals surface area contributed by atoms with Crippen LogP contribution in [-0.4, -0.2) is 53.7 Å². The van der Waals surface area contributed by atoms with Gasteiger partial charge in [-0.2, -0.15) is 0 Å². The zero-order chi connectivity index (χ0) is 22.0. The number of benzene rings is 2. The monoisotopic (exact) mass is 422 g/mol. The fraction of sp³-hybridized carbons (Fsp3) is 0.292. The normalized spacial score (nSPS) is 18.7. The van der Waals surface area contributed by atoms with Crippen molar-refractivity contribution in [1.82, 2.24) is 9.88 Å². The Morgan fingerprint density at radius 3 is 2.48 bits per heavy atom. The highest BCUT2D eigenvalue weighted by Crippen LogP contribution is 2.25. The molecule has 1 aromatic heterocycles. The van der Waals surface area contributed by atoms with E-state index in [2.05, 4.69) is 4.98 Å². The van der Waals surface area contributed by atoms with Gasteiger partial charge in [0.1, 0.15) is 5.82 Å². The van der Waals surface area contributed by atoms with E-state index < -0.39 is 5.97 Å². The standard InChI is InChI=1S/C24H23FN2O4/c1-15-12-27(13-16(2)31-15)23(28)14-30-24(29)20-11-22(17-7-9-18(25)10-8-17)26-21-6-4-3-5-19(20)21/h3-11,15-16H,12-14H2,1-2H3/t15-,16-/m0/s1. The zero-order valence-electron chi connectivity index (χ0n) is 17.4. The third kappa shape index (κ3) is 4.72. The molecule has 2 atom stereocenters. The minimum Gasteiger partial charge on any atom is -0.452 e. The van der Waals surface area contributed by atoms with Crippen LogP contribution in [0.1, 0.15) is 24.2 Å². The summed E-state index contributed by atoms with van der Waals surface area (Å²) < 4.78 is 24.3. The van der Waals surface area contributed by atoms with Crippen molar-refractivity contribution < 1.29 is 23.5 Å². The van der Waals surface area contributed by atoms with Crippen LogP contribution in [0, 0.1) is 5.82 Å². The minimum absolute atomic E-state index is 0.0641. The van der Waals surface area contributed by atoms with Crippen molar-refractivity contribution in [1.29, 1.82) is 0 Å². The molecule has 7 heteroatoms. The maximum atomic E-state index is 13.3. The fourth-order valence-electron chi connectivity index (χ4n) is 3.79. The highest BCUT2D eigenvalue weighted by atomic mass is 19.1. The molecule has 2 aromatic carbocycles. The predicted octanol–water partition coefficient (Wildman–Crippen LogP) is 3.83. The Bertz CT molecular complexity index is 1110. The molecule has 31 heavy (non-hydrogen) atoms. The first-order valence-corrected chi connectivity index (χ1v) is 10.2. The molecule has 0 aliphatic carbocycles. The lowest BCUT2D eigenvalue weighted by Gasteiger charge is -2.35. The number of pyridine rings is 1. The van der Waals surface area contributed by atoms with E-state index in [9.17, 15) is 14.0 Å². The summed E-state index contributed by atoms with van der Waals surface area (Å²) in [6.45, 7) is 4.39. The molecule has 3 aromatic rings. The molecule has 1 saturated heterocycles. The number of nitrogens with zero attached hydrogens (tertiary/aromatic N) is 2. The van der Waals surface area contributed by atoms with E-state index in [4.69, 9.17) is 9.47 Å². The van der Waals surface area contributed by atoms with Gasteiger partial charge in [0.05, 0.1) is 29.0 Å². The summed E-state index contributed by atoms with van der Waals surface area (Å²) in [7, 11) is 0. The Morgan fingerprint density at radius 2 is 1.77 bits per heavy atom. The third-order valence-corrected chi connectivity index (χ3v) is 5.18. The predicted molar refractivity (Wildman–Crippen MR) is 114 cm³/mol. The molecule has 160 valence electrons. The second kappa shape index (κ2) is 8.81. The molecule has 1 fully saturated rings. The number of carbonyl (C=O) groups is 2. The SMILES string of the molecule is C[C@H]1CN(C(=O)COC(=O)c2cc(-c3ccc(F)cc3)nc3ccccc23)C[C@H](C)O1. The van der Waals surface area contributed by atoms with Crippen molar-refractivity contribution >= 4 is 22.8 Å². The first-order valence-electron chi connectivity index (χ1n) is 10.2. The summed E-state index contributed by atoms with van der Waals surface area (Å²) in [6, 6.07) is 14.7. The van der Waals surface area contributed by atoms with Gasteiger partial charge in [-0.3, -0.25) is 4.79 Å². The first-order chi connectivity index (χ1) is 14.9. The minimum atomic E-state index is -0.607. The maximum Gasteiger partial charge on any atom is 0.339 e. The lowest BCUT2D eigenvalue weighted by molar-refractivity contribution is -0.146. The van der Waals surface area contributed by atoms with E-state index in [0.717, 1.165) is 0 Å². The molecule has 0 bridgehead atoms. The van der Waals surface area contributed by atoms with Crippen LogP contribution in [0.25, 0.3) is 22.2 Å². The second-order valence-corrected chi connectivity index (χ2v) is 7.71. The van der Waals surface area contributed by atoms with Crippen LogP contribution in [0.15, 0.2) is 54.6 Å². The van der Waals surface area contributed by atoms with Gasteiger partial charge in [-0.15, -0.1) is 0 Å². The number of amides is 1. The van der Waals surface area contributed by atoms with Gasteiger partial charge in [0.25, 0.3) is 5.91 Å². The third-order valence-electron chi connectivity index (χ3n) is 5.18. The van der Waals surface area contributed by atoms with Crippen molar-refractivity contribution in [3.63, 3.8) is 0 Å². The molecular weight excluding hydrogens is 399 g/mol. The van der Waals surface area contributed by atoms with Crippen LogP contribution in [0.3, 0.4) is 0 Å². The highest BCUT2D eigenvalue weighted by molar-refractivity contribution is 6.05. The van der Waals surface area contributed by atoms with E-state index in [1.165, 1.54) is 12.1 Å². The molecule has 1 aliphatic rings. The summed E-state index contributed by atoms with van der Waals surface area (Å²) in [5.74, 6) is -1.22. The van der Waals surface area contributed by atoms with E-state index in [1.807, 2.05) is 19.9 Å². The Hall–Kier alpha value is -3.32. The number of esters is 1. The van der Waals surface area contributed by atoms with Crippen LogP contribution in [-0.2, 0) is 14.3 Å². The lowest BCUT2D eigenvalue weighted by atomic mass is 10.0. The van der Waals surface area contributed by atoms with Gasteiger partial charge in [-0.05, 0) is 50.2 Å². The number of carbonyl (C=O) groups excluding carboxylic acids is 2. The van der Waals surface area contributed by atoms with Crippen LogP contribution >= 0.6 is 0 Å². The van der Waals surface area contributed by atoms with E-state index in [-0.39, 0.29) is 30.5 Å². The van der Waals surface area contributed by atoms with Crippen LogP contribution in [0.4, 0.5) is 4.39 Å². The molecular formula is C24H23FN2O4. The largest absolute Gasteiger partial charge is 0.452 e. The smallest absolute Gasteiger partial charge is 0.339 e. The molecule has 2 heterocycles. The first kappa shape index (κ1) is 20.9. The molecule has 0 spiro atoms. The van der Waals surface area contributed by atoms with E-state index in [1.54, 1.807) is 41.3 Å². The Balaban J connectivity index is 1.57. The van der Waals surface area contributed by atoms with E-state index >= 15 is 0 Å². The molecule has 0 unspecified atom stereocenters.